The number of para-hydroxylation sites is 1. The minimum absolute atomic E-state index is 0.0584. The van der Waals surface area contributed by atoms with Crippen LogP contribution in [0.15, 0.2) is 76.3 Å². The Morgan fingerprint density at radius 3 is 2.31 bits per heavy atom. The SMILES string of the molecule is CCNC(=O)Nc1ccc(-c2sc3c(c2CN(C)CCOC)c(=O)n(-c2ccccc2C(N)=O)c(=O)n3Cc2c(F)cccc2F)cc1. The van der Waals surface area contributed by atoms with E-state index in [0.29, 0.717) is 41.4 Å². The Bertz CT molecular complexity index is 2090. The highest BCUT2D eigenvalue weighted by atomic mass is 32.1. The molecule has 250 valence electrons. The molecule has 11 nitrogen and oxygen atoms in total. The van der Waals surface area contributed by atoms with Crippen molar-refractivity contribution in [2.75, 3.05) is 39.2 Å². The van der Waals surface area contributed by atoms with Gasteiger partial charge in [0.1, 0.15) is 16.5 Å². The number of aromatic nitrogens is 2. The van der Waals surface area contributed by atoms with Gasteiger partial charge in [0.05, 0.1) is 29.8 Å². The largest absolute Gasteiger partial charge is 0.383 e. The standard InChI is InChI=1S/C34H34F2N6O5S/c1-4-38-33(45)39-21-14-12-20(13-15-21)29-24(18-40(2)16-17-47-3)28-31(44)42(27-11-6-5-8-22(27)30(37)43)34(46)41(32(28)48-29)19-23-25(35)9-7-10-26(23)36/h5-15H,4,16-19H2,1-3H3,(H2,37,43)(H2,38,39,45). The number of rotatable bonds is 12. The smallest absolute Gasteiger partial charge is 0.337 e. The number of thiophene rings is 1. The number of hydrogen-bond donors (Lipinski definition) is 3. The molecule has 0 aliphatic carbocycles. The molecule has 0 bridgehead atoms. The fraction of sp³-hybridized carbons (Fsp3) is 0.235. The number of fused-ring (bicyclic) bond motifs is 1. The highest BCUT2D eigenvalue weighted by Gasteiger charge is 2.27. The number of likely N-dealkylation sites (N-methyl/N-ethyl adjacent to an activating group) is 1. The lowest BCUT2D eigenvalue weighted by Crippen LogP contribution is -2.40. The molecule has 0 aliphatic heterocycles. The van der Waals surface area contributed by atoms with Gasteiger partial charge in [-0.05, 0) is 61.5 Å². The second-order valence-electron chi connectivity index (χ2n) is 11.0. The summed E-state index contributed by atoms with van der Waals surface area (Å²) in [6.45, 7) is 2.85. The van der Waals surface area contributed by atoms with Crippen LogP contribution in [0.1, 0.15) is 28.4 Å². The number of benzene rings is 3. The van der Waals surface area contributed by atoms with E-state index in [9.17, 15) is 19.2 Å². The number of primary amides is 1. The van der Waals surface area contributed by atoms with Gasteiger partial charge in [-0.1, -0.05) is 30.3 Å². The third kappa shape index (κ3) is 6.90. The Labute approximate surface area is 278 Å². The van der Waals surface area contributed by atoms with Crippen molar-refractivity contribution in [2.45, 2.75) is 20.0 Å². The summed E-state index contributed by atoms with van der Waals surface area (Å²) in [4.78, 5) is 56.1. The zero-order valence-corrected chi connectivity index (χ0v) is 27.3. The maximum Gasteiger partial charge on any atom is 0.337 e. The first-order valence-corrected chi connectivity index (χ1v) is 15.8. The average Bonchev–Trinajstić information content (AvgIpc) is 3.42. The normalized spacial score (nSPS) is 11.3. The van der Waals surface area contributed by atoms with Crippen LogP contribution in [0.4, 0.5) is 19.3 Å². The molecule has 0 aliphatic rings. The molecule has 14 heteroatoms. The number of nitrogens with one attached hydrogen (secondary N) is 2. The number of nitrogens with two attached hydrogens (primary N) is 1. The second-order valence-corrected chi connectivity index (χ2v) is 12.0. The molecule has 0 fully saturated rings. The van der Waals surface area contributed by atoms with Crippen molar-refractivity contribution in [3.63, 3.8) is 0 Å². The number of methoxy groups -OCH3 is 1. The first kappa shape index (κ1) is 34.2. The minimum Gasteiger partial charge on any atom is -0.383 e. The molecular weight excluding hydrogens is 642 g/mol. The molecule has 2 heterocycles. The van der Waals surface area contributed by atoms with E-state index in [2.05, 4.69) is 10.6 Å². The van der Waals surface area contributed by atoms with E-state index in [-0.39, 0.29) is 39.6 Å². The number of nitrogens with zero attached hydrogens (tertiary/aromatic N) is 3. The Kier molecular flexibility index (Phi) is 10.5. The van der Waals surface area contributed by atoms with Crippen molar-refractivity contribution in [1.82, 2.24) is 19.4 Å². The first-order chi connectivity index (χ1) is 23.0. The third-order valence-electron chi connectivity index (χ3n) is 7.71. The van der Waals surface area contributed by atoms with Crippen LogP contribution < -0.4 is 27.6 Å². The highest BCUT2D eigenvalue weighted by molar-refractivity contribution is 7.22. The van der Waals surface area contributed by atoms with Crippen molar-refractivity contribution in [1.29, 1.82) is 0 Å². The molecule has 0 saturated carbocycles. The van der Waals surface area contributed by atoms with Gasteiger partial charge in [0.15, 0.2) is 0 Å². The summed E-state index contributed by atoms with van der Waals surface area (Å²) < 4.78 is 37.3. The Balaban J connectivity index is 1.83. The van der Waals surface area contributed by atoms with E-state index in [1.165, 1.54) is 18.2 Å². The van der Waals surface area contributed by atoms with Crippen molar-refractivity contribution < 1.29 is 23.1 Å². The number of urea groups is 1. The van der Waals surface area contributed by atoms with Crippen molar-refractivity contribution in [3.05, 3.63) is 116 Å². The van der Waals surface area contributed by atoms with Crippen molar-refractivity contribution in [2.24, 2.45) is 5.73 Å². The third-order valence-corrected chi connectivity index (χ3v) is 9.01. The molecule has 2 aromatic heterocycles. The van der Waals surface area contributed by atoms with Crippen molar-refractivity contribution in [3.8, 4) is 16.1 Å². The molecule has 0 atom stereocenters. The maximum atomic E-state index is 15.0. The summed E-state index contributed by atoms with van der Waals surface area (Å²) in [5.41, 5.74) is 5.26. The summed E-state index contributed by atoms with van der Waals surface area (Å²) in [6.07, 6.45) is 0. The molecule has 4 N–H and O–H groups in total. The van der Waals surface area contributed by atoms with Gasteiger partial charge in [-0.25, -0.2) is 22.9 Å². The molecule has 0 spiro atoms. The quantitative estimate of drug-likeness (QED) is 0.178. The van der Waals surface area contributed by atoms with E-state index in [1.807, 2.05) is 11.9 Å². The number of halogens is 2. The number of hydrogen-bond acceptors (Lipinski definition) is 7. The number of carbonyl (C=O) groups is 2. The maximum absolute atomic E-state index is 15.0. The van der Waals surface area contributed by atoms with Crippen LogP contribution >= 0.6 is 11.3 Å². The summed E-state index contributed by atoms with van der Waals surface area (Å²) in [7, 11) is 3.42. The number of amides is 3. The molecular formula is C34H34F2N6O5S. The van der Waals surface area contributed by atoms with Gasteiger partial charge in [0.25, 0.3) is 11.5 Å². The van der Waals surface area contributed by atoms with Crippen LogP contribution in [0, 0.1) is 11.6 Å². The predicted octanol–water partition coefficient (Wildman–Crippen LogP) is 4.53. The Morgan fingerprint density at radius 2 is 1.67 bits per heavy atom. The summed E-state index contributed by atoms with van der Waals surface area (Å²) in [5.74, 6) is -2.59. The lowest BCUT2D eigenvalue weighted by molar-refractivity contribution is 0.1000. The van der Waals surface area contributed by atoms with Crippen molar-refractivity contribution >= 4 is 39.2 Å². The molecule has 5 rings (SSSR count). The summed E-state index contributed by atoms with van der Waals surface area (Å²) in [6, 6.07) is 15.9. The molecule has 0 radical (unpaired) electrons. The highest BCUT2D eigenvalue weighted by Crippen LogP contribution is 2.38. The van der Waals surface area contributed by atoms with Crippen LogP contribution in [-0.4, -0.2) is 59.8 Å². The fourth-order valence-electron chi connectivity index (χ4n) is 5.36. The van der Waals surface area contributed by atoms with Gasteiger partial charge in [-0.3, -0.25) is 19.1 Å². The van der Waals surface area contributed by atoms with Crippen LogP contribution in [0.2, 0.25) is 0 Å². The molecule has 3 aromatic carbocycles. The van der Waals surface area contributed by atoms with Crippen LogP contribution in [-0.2, 0) is 17.8 Å². The second kappa shape index (κ2) is 14.7. The van der Waals surface area contributed by atoms with E-state index < -0.39 is 35.3 Å². The van der Waals surface area contributed by atoms with Gasteiger partial charge in [0, 0.05) is 42.9 Å². The molecule has 48 heavy (non-hydrogen) atoms. The van der Waals surface area contributed by atoms with E-state index >= 15 is 8.78 Å². The van der Waals surface area contributed by atoms with Gasteiger partial charge >= 0.3 is 11.7 Å². The van der Waals surface area contributed by atoms with Gasteiger partial charge < -0.3 is 21.1 Å². The Hall–Kier alpha value is -5.18. The summed E-state index contributed by atoms with van der Waals surface area (Å²) in [5, 5.41) is 5.55. The number of carbonyl (C=O) groups excluding carboxylic acids is 2. The first-order valence-electron chi connectivity index (χ1n) is 15.0. The van der Waals surface area contributed by atoms with Crippen LogP contribution in [0.25, 0.3) is 26.3 Å². The van der Waals surface area contributed by atoms with E-state index in [0.717, 1.165) is 32.6 Å². The zero-order valence-electron chi connectivity index (χ0n) is 26.5. The van der Waals surface area contributed by atoms with Gasteiger partial charge in [-0.15, -0.1) is 11.3 Å². The monoisotopic (exact) mass is 676 g/mol. The lowest BCUT2D eigenvalue weighted by atomic mass is 10.1. The predicted molar refractivity (Wildman–Crippen MR) is 182 cm³/mol. The lowest BCUT2D eigenvalue weighted by Gasteiger charge is -2.18. The van der Waals surface area contributed by atoms with Gasteiger partial charge in [0.2, 0.25) is 0 Å². The van der Waals surface area contributed by atoms with Crippen LogP contribution in [0.3, 0.4) is 0 Å². The molecule has 5 aromatic rings. The molecule has 0 unspecified atom stereocenters. The summed E-state index contributed by atoms with van der Waals surface area (Å²) >= 11 is 1.13. The molecule has 0 saturated heterocycles. The van der Waals surface area contributed by atoms with Gasteiger partial charge in [-0.2, -0.15) is 0 Å². The molecule has 3 amide bonds. The van der Waals surface area contributed by atoms with E-state index in [1.54, 1.807) is 50.4 Å². The van der Waals surface area contributed by atoms with E-state index in [4.69, 9.17) is 10.5 Å². The zero-order chi connectivity index (χ0) is 34.5. The minimum atomic E-state index is -0.905. The Morgan fingerprint density at radius 1 is 0.979 bits per heavy atom. The average molecular weight is 677 g/mol. The fourth-order valence-corrected chi connectivity index (χ4v) is 6.66. The number of ether oxygens (including phenoxy) is 1. The van der Waals surface area contributed by atoms with Crippen LogP contribution in [0.5, 0.6) is 0 Å². The topological polar surface area (TPSA) is 141 Å². The number of anilines is 1.